The summed E-state index contributed by atoms with van der Waals surface area (Å²) in [6, 6.07) is 9.02. The monoisotopic (exact) mass is 306 g/mol. The molecular formula is C17H26N2OS. The lowest BCUT2D eigenvalue weighted by Crippen LogP contribution is -2.41. The molecule has 0 aromatic heterocycles. The molecule has 1 saturated carbocycles. The van der Waals surface area contributed by atoms with E-state index >= 15 is 0 Å². The molecule has 116 valence electrons. The highest BCUT2D eigenvalue weighted by Gasteiger charge is 2.25. The molecule has 1 fully saturated rings. The normalized spacial score (nSPS) is 23.6. The van der Waals surface area contributed by atoms with E-state index in [0.717, 1.165) is 10.9 Å². The minimum absolute atomic E-state index is 0.0255. The summed E-state index contributed by atoms with van der Waals surface area (Å²) in [6.07, 6.45) is 7.48. The second-order valence-corrected chi connectivity index (χ2v) is 6.94. The predicted molar refractivity (Wildman–Crippen MR) is 91.9 cm³/mol. The SMILES string of the molecule is CSC1CCCCC1NC(C)c1cccc(NC(C)=O)c1. The van der Waals surface area contributed by atoms with E-state index in [0.29, 0.717) is 12.1 Å². The third-order valence-electron chi connectivity index (χ3n) is 4.18. The van der Waals surface area contributed by atoms with Gasteiger partial charge in [-0.1, -0.05) is 25.0 Å². The zero-order valence-corrected chi connectivity index (χ0v) is 14.0. The van der Waals surface area contributed by atoms with E-state index in [-0.39, 0.29) is 5.91 Å². The molecule has 1 aliphatic rings. The molecule has 0 spiro atoms. The molecule has 2 rings (SSSR count). The molecule has 0 aliphatic heterocycles. The van der Waals surface area contributed by atoms with Gasteiger partial charge >= 0.3 is 0 Å². The van der Waals surface area contributed by atoms with Crippen LogP contribution in [0.4, 0.5) is 5.69 Å². The summed E-state index contributed by atoms with van der Waals surface area (Å²) in [5.41, 5.74) is 2.10. The van der Waals surface area contributed by atoms with Crippen molar-refractivity contribution in [3.05, 3.63) is 29.8 Å². The number of hydrogen-bond donors (Lipinski definition) is 2. The molecule has 1 aromatic carbocycles. The number of carbonyl (C=O) groups excluding carboxylic acids is 1. The molecule has 4 heteroatoms. The van der Waals surface area contributed by atoms with E-state index in [9.17, 15) is 4.79 Å². The number of benzene rings is 1. The van der Waals surface area contributed by atoms with Gasteiger partial charge < -0.3 is 10.6 Å². The molecule has 0 heterocycles. The van der Waals surface area contributed by atoms with Gasteiger partial charge in [-0.2, -0.15) is 11.8 Å². The van der Waals surface area contributed by atoms with Crippen LogP contribution in [0.2, 0.25) is 0 Å². The van der Waals surface area contributed by atoms with Gasteiger partial charge in [0.05, 0.1) is 0 Å². The summed E-state index contributed by atoms with van der Waals surface area (Å²) in [6.45, 7) is 3.75. The Hall–Kier alpha value is -1.00. The van der Waals surface area contributed by atoms with Crippen LogP contribution < -0.4 is 10.6 Å². The van der Waals surface area contributed by atoms with Crippen molar-refractivity contribution in [2.24, 2.45) is 0 Å². The lowest BCUT2D eigenvalue weighted by atomic mass is 9.93. The van der Waals surface area contributed by atoms with Gasteiger partial charge in [0.1, 0.15) is 0 Å². The van der Waals surface area contributed by atoms with Gasteiger partial charge in [-0.15, -0.1) is 0 Å². The third-order valence-corrected chi connectivity index (χ3v) is 5.35. The highest BCUT2D eigenvalue weighted by Crippen LogP contribution is 2.29. The van der Waals surface area contributed by atoms with Crippen molar-refractivity contribution in [1.29, 1.82) is 0 Å². The van der Waals surface area contributed by atoms with Gasteiger partial charge in [0, 0.05) is 29.9 Å². The summed E-state index contributed by atoms with van der Waals surface area (Å²) >= 11 is 1.98. The minimum atomic E-state index is -0.0255. The lowest BCUT2D eigenvalue weighted by Gasteiger charge is -2.33. The first-order valence-corrected chi connectivity index (χ1v) is 9.05. The quantitative estimate of drug-likeness (QED) is 0.865. The van der Waals surface area contributed by atoms with E-state index in [1.165, 1.54) is 31.2 Å². The second kappa shape index (κ2) is 7.85. The van der Waals surface area contributed by atoms with E-state index in [1.807, 2.05) is 23.9 Å². The molecule has 0 bridgehead atoms. The third kappa shape index (κ3) is 4.75. The maximum Gasteiger partial charge on any atom is 0.221 e. The standard InChI is InChI=1S/C17H26N2OS/c1-12(18-16-9-4-5-10-17(16)21-3)14-7-6-8-15(11-14)19-13(2)20/h6-8,11-12,16-18H,4-5,9-10H2,1-3H3,(H,19,20). The Morgan fingerprint density at radius 1 is 1.33 bits per heavy atom. The fourth-order valence-corrected chi connectivity index (χ4v) is 4.02. The number of thioether (sulfide) groups is 1. The van der Waals surface area contributed by atoms with Gasteiger partial charge in [0.25, 0.3) is 0 Å². The van der Waals surface area contributed by atoms with Crippen LogP contribution >= 0.6 is 11.8 Å². The van der Waals surface area contributed by atoms with Crippen molar-refractivity contribution in [1.82, 2.24) is 5.32 Å². The van der Waals surface area contributed by atoms with Crippen molar-refractivity contribution in [3.8, 4) is 0 Å². The van der Waals surface area contributed by atoms with E-state index in [1.54, 1.807) is 6.92 Å². The maximum absolute atomic E-state index is 11.2. The van der Waals surface area contributed by atoms with Crippen molar-refractivity contribution in [2.45, 2.75) is 56.9 Å². The molecule has 3 atom stereocenters. The Kier molecular flexibility index (Phi) is 6.12. The van der Waals surface area contributed by atoms with Crippen LogP contribution in [0, 0.1) is 0 Å². The fourth-order valence-electron chi connectivity index (χ4n) is 3.08. The first kappa shape index (κ1) is 16.4. The predicted octanol–water partition coefficient (Wildman–Crippen LogP) is 3.97. The van der Waals surface area contributed by atoms with Crippen molar-refractivity contribution in [3.63, 3.8) is 0 Å². The van der Waals surface area contributed by atoms with Crippen LogP contribution in [-0.2, 0) is 4.79 Å². The van der Waals surface area contributed by atoms with Gasteiger partial charge in [-0.25, -0.2) is 0 Å². The first-order valence-electron chi connectivity index (χ1n) is 7.76. The molecule has 3 nitrogen and oxygen atoms in total. The number of rotatable bonds is 5. The Balaban J connectivity index is 2.01. The van der Waals surface area contributed by atoms with Crippen LogP contribution in [0.1, 0.15) is 51.1 Å². The molecule has 0 saturated heterocycles. The van der Waals surface area contributed by atoms with Gasteiger partial charge in [0.15, 0.2) is 0 Å². The van der Waals surface area contributed by atoms with Crippen molar-refractivity contribution < 1.29 is 4.79 Å². The topological polar surface area (TPSA) is 41.1 Å². The average Bonchev–Trinajstić information content (AvgIpc) is 2.47. The number of nitrogens with one attached hydrogen (secondary N) is 2. The number of anilines is 1. The zero-order valence-electron chi connectivity index (χ0n) is 13.2. The maximum atomic E-state index is 11.2. The Labute approximate surface area is 132 Å². The number of amides is 1. The highest BCUT2D eigenvalue weighted by atomic mass is 32.2. The Morgan fingerprint density at radius 2 is 2.10 bits per heavy atom. The Morgan fingerprint density at radius 3 is 2.81 bits per heavy atom. The van der Waals surface area contributed by atoms with Gasteiger partial charge in [0.2, 0.25) is 5.91 Å². The summed E-state index contributed by atoms with van der Waals surface area (Å²) in [7, 11) is 0. The molecule has 0 radical (unpaired) electrons. The second-order valence-electron chi connectivity index (χ2n) is 5.86. The smallest absolute Gasteiger partial charge is 0.221 e. The number of hydrogen-bond acceptors (Lipinski definition) is 3. The van der Waals surface area contributed by atoms with Crippen molar-refractivity contribution in [2.75, 3.05) is 11.6 Å². The average molecular weight is 306 g/mol. The van der Waals surface area contributed by atoms with Crippen LogP contribution in [0.15, 0.2) is 24.3 Å². The summed E-state index contributed by atoms with van der Waals surface area (Å²) in [5.74, 6) is -0.0255. The molecule has 2 N–H and O–H groups in total. The first-order chi connectivity index (χ1) is 10.1. The minimum Gasteiger partial charge on any atom is -0.326 e. The largest absolute Gasteiger partial charge is 0.326 e. The highest BCUT2D eigenvalue weighted by molar-refractivity contribution is 7.99. The molecule has 1 amide bonds. The zero-order chi connectivity index (χ0) is 15.2. The molecule has 1 aromatic rings. The van der Waals surface area contributed by atoms with Gasteiger partial charge in [-0.05, 0) is 43.7 Å². The summed E-state index contributed by atoms with van der Waals surface area (Å²) in [5, 5.41) is 7.36. The van der Waals surface area contributed by atoms with E-state index in [4.69, 9.17) is 0 Å². The molecule has 3 unspecified atom stereocenters. The fraction of sp³-hybridized carbons (Fsp3) is 0.588. The Bertz CT molecular complexity index is 478. The van der Waals surface area contributed by atoms with Crippen LogP contribution in [-0.4, -0.2) is 23.5 Å². The molecular weight excluding hydrogens is 280 g/mol. The van der Waals surface area contributed by atoms with E-state index in [2.05, 4.69) is 35.9 Å². The summed E-state index contributed by atoms with van der Waals surface area (Å²) < 4.78 is 0. The van der Waals surface area contributed by atoms with Gasteiger partial charge in [-0.3, -0.25) is 4.79 Å². The van der Waals surface area contributed by atoms with Crippen molar-refractivity contribution >= 4 is 23.4 Å². The van der Waals surface area contributed by atoms with Crippen LogP contribution in [0.25, 0.3) is 0 Å². The summed E-state index contributed by atoms with van der Waals surface area (Å²) in [4.78, 5) is 11.2. The van der Waals surface area contributed by atoms with Crippen LogP contribution in [0.3, 0.4) is 0 Å². The molecule has 21 heavy (non-hydrogen) atoms. The van der Waals surface area contributed by atoms with E-state index < -0.39 is 0 Å². The van der Waals surface area contributed by atoms with Crippen LogP contribution in [0.5, 0.6) is 0 Å². The number of carbonyl (C=O) groups is 1. The molecule has 1 aliphatic carbocycles. The lowest BCUT2D eigenvalue weighted by molar-refractivity contribution is -0.114.